The lowest BCUT2D eigenvalue weighted by Crippen LogP contribution is -2.31. The molecular weight excluding hydrogens is 472 g/mol. The largest absolute Gasteiger partial charge is 0.482 e. The fraction of sp³-hybridized carbons (Fsp3) is 0.600. The Morgan fingerprint density at radius 2 is 1.94 bits per heavy atom. The van der Waals surface area contributed by atoms with Crippen molar-refractivity contribution in [3.63, 3.8) is 0 Å². The average Bonchev–Trinajstić information content (AvgIpc) is 2.84. The van der Waals surface area contributed by atoms with Gasteiger partial charge < -0.3 is 14.4 Å². The molecule has 1 unspecified atom stereocenters. The summed E-state index contributed by atoms with van der Waals surface area (Å²) in [5, 5.41) is 0. The number of halogens is 1. The number of fused-ring (bicyclic) bond motifs is 3. The number of ether oxygens (including phenoxy) is 2. The minimum absolute atomic E-state index is 0. The zero-order chi connectivity index (χ0) is 24.8. The van der Waals surface area contributed by atoms with Gasteiger partial charge in [-0.1, -0.05) is 39.5 Å². The molecule has 0 radical (unpaired) electrons. The summed E-state index contributed by atoms with van der Waals surface area (Å²) in [6.07, 6.45) is 13.5. The molecule has 198 valence electrons. The lowest BCUT2D eigenvalue weighted by atomic mass is 9.85. The molecule has 2 aliphatic rings. The van der Waals surface area contributed by atoms with E-state index in [0.717, 1.165) is 54.9 Å². The number of rotatable bonds is 10. The van der Waals surface area contributed by atoms with Crippen LogP contribution in [-0.4, -0.2) is 35.5 Å². The van der Waals surface area contributed by atoms with Gasteiger partial charge in [0.25, 0.3) is 0 Å². The molecule has 0 amide bonds. The Morgan fingerprint density at radius 3 is 2.69 bits per heavy atom. The van der Waals surface area contributed by atoms with E-state index < -0.39 is 5.60 Å². The zero-order valence-electron chi connectivity index (χ0n) is 22.5. The minimum atomic E-state index is -0.481. The monoisotopic (exact) mass is 514 g/mol. The Morgan fingerprint density at radius 1 is 1.17 bits per heavy atom. The Labute approximate surface area is 223 Å². The molecule has 2 aliphatic heterocycles. The van der Waals surface area contributed by atoms with Crippen LogP contribution < -0.4 is 9.47 Å². The summed E-state index contributed by atoms with van der Waals surface area (Å²) in [4.78, 5) is 19.8. The molecule has 5 nitrogen and oxygen atoms in total. The summed E-state index contributed by atoms with van der Waals surface area (Å²) < 4.78 is 12.6. The summed E-state index contributed by atoms with van der Waals surface area (Å²) in [5.41, 5.74) is 3.58. The lowest BCUT2D eigenvalue weighted by molar-refractivity contribution is -0.134. The van der Waals surface area contributed by atoms with E-state index >= 15 is 0 Å². The number of benzene rings is 1. The molecule has 0 bridgehead atoms. The van der Waals surface area contributed by atoms with E-state index in [2.05, 4.69) is 49.7 Å². The second kappa shape index (κ2) is 12.9. The van der Waals surface area contributed by atoms with Crippen LogP contribution >= 0.6 is 12.4 Å². The molecule has 1 saturated heterocycles. The zero-order valence-corrected chi connectivity index (χ0v) is 23.3. The van der Waals surface area contributed by atoms with Gasteiger partial charge in [-0.15, -0.1) is 12.4 Å². The highest BCUT2D eigenvalue weighted by atomic mass is 35.5. The van der Waals surface area contributed by atoms with E-state index in [1.807, 2.05) is 12.3 Å². The van der Waals surface area contributed by atoms with Crippen molar-refractivity contribution in [2.45, 2.75) is 97.0 Å². The first-order valence-corrected chi connectivity index (χ1v) is 13.6. The SMILES string of the molecule is CCCCCC(C)c1cc(OC(=O)CCCN2CCCCC2)c2c(c1)OC(C)(C)c1ccncc1-2.Cl. The maximum Gasteiger partial charge on any atom is 0.311 e. The molecule has 1 fully saturated rings. The molecule has 1 aromatic carbocycles. The van der Waals surface area contributed by atoms with Gasteiger partial charge in [0.05, 0.1) is 5.56 Å². The quantitative estimate of drug-likeness (QED) is 0.185. The van der Waals surface area contributed by atoms with Crippen molar-refractivity contribution in [2.24, 2.45) is 0 Å². The maximum atomic E-state index is 13.0. The van der Waals surface area contributed by atoms with Crippen LogP contribution in [0.1, 0.15) is 103 Å². The van der Waals surface area contributed by atoms with Crippen molar-refractivity contribution in [3.8, 4) is 22.6 Å². The number of hydrogen-bond donors (Lipinski definition) is 0. The van der Waals surface area contributed by atoms with Gasteiger partial charge >= 0.3 is 5.97 Å². The van der Waals surface area contributed by atoms with E-state index in [1.165, 1.54) is 44.1 Å². The van der Waals surface area contributed by atoms with Crippen molar-refractivity contribution in [2.75, 3.05) is 19.6 Å². The van der Waals surface area contributed by atoms with Gasteiger partial charge in [0.2, 0.25) is 0 Å². The number of carbonyl (C=O) groups excluding carboxylic acids is 1. The third-order valence-electron chi connectivity index (χ3n) is 7.53. The molecule has 0 spiro atoms. The fourth-order valence-electron chi connectivity index (χ4n) is 5.44. The molecule has 6 heteroatoms. The van der Waals surface area contributed by atoms with Gasteiger partial charge in [-0.05, 0) is 88.8 Å². The van der Waals surface area contributed by atoms with Crippen LogP contribution in [0.2, 0.25) is 0 Å². The first-order chi connectivity index (χ1) is 16.9. The highest BCUT2D eigenvalue weighted by Gasteiger charge is 2.35. The molecule has 0 saturated carbocycles. The predicted octanol–water partition coefficient (Wildman–Crippen LogP) is 7.65. The van der Waals surface area contributed by atoms with Crippen LogP contribution in [0, 0.1) is 0 Å². The van der Waals surface area contributed by atoms with Gasteiger partial charge in [0, 0.05) is 29.9 Å². The van der Waals surface area contributed by atoms with Gasteiger partial charge in [-0.25, -0.2) is 0 Å². The highest BCUT2D eigenvalue weighted by Crippen LogP contribution is 2.50. The molecule has 1 atom stereocenters. The molecular formula is C30H43ClN2O3. The molecule has 2 aromatic rings. The maximum absolute atomic E-state index is 13.0. The minimum Gasteiger partial charge on any atom is -0.482 e. The van der Waals surface area contributed by atoms with Crippen molar-refractivity contribution >= 4 is 18.4 Å². The normalized spacial score (nSPS) is 17.2. The van der Waals surface area contributed by atoms with Crippen molar-refractivity contribution in [3.05, 3.63) is 41.7 Å². The molecule has 1 aromatic heterocycles. The van der Waals surface area contributed by atoms with E-state index in [1.54, 1.807) is 6.20 Å². The average molecular weight is 515 g/mol. The first-order valence-electron chi connectivity index (χ1n) is 13.6. The van der Waals surface area contributed by atoms with E-state index in [4.69, 9.17) is 9.47 Å². The summed E-state index contributed by atoms with van der Waals surface area (Å²) in [5.74, 6) is 1.58. The van der Waals surface area contributed by atoms with Crippen LogP contribution in [0.25, 0.3) is 11.1 Å². The van der Waals surface area contributed by atoms with Crippen LogP contribution in [0.5, 0.6) is 11.5 Å². The molecule has 0 N–H and O–H groups in total. The van der Waals surface area contributed by atoms with Crippen molar-refractivity contribution < 1.29 is 14.3 Å². The molecule has 0 aliphatic carbocycles. The molecule has 36 heavy (non-hydrogen) atoms. The Hall–Kier alpha value is -2.11. The topological polar surface area (TPSA) is 51.7 Å². The van der Waals surface area contributed by atoms with Gasteiger partial charge in [0.1, 0.15) is 17.1 Å². The number of nitrogens with zero attached hydrogens (tertiary/aromatic N) is 2. The van der Waals surface area contributed by atoms with Gasteiger partial charge in [0.15, 0.2) is 0 Å². The smallest absolute Gasteiger partial charge is 0.311 e. The number of unbranched alkanes of at least 4 members (excludes halogenated alkanes) is 2. The summed E-state index contributed by atoms with van der Waals surface area (Å²) >= 11 is 0. The number of carbonyl (C=O) groups is 1. The second-order valence-electron chi connectivity index (χ2n) is 10.8. The number of pyridine rings is 1. The molecule has 3 heterocycles. The third-order valence-corrected chi connectivity index (χ3v) is 7.53. The predicted molar refractivity (Wildman–Crippen MR) is 148 cm³/mol. The summed E-state index contributed by atoms with van der Waals surface area (Å²) in [6.45, 7) is 11.9. The van der Waals surface area contributed by atoms with Crippen LogP contribution in [-0.2, 0) is 10.4 Å². The van der Waals surface area contributed by atoms with E-state index in [0.29, 0.717) is 18.1 Å². The van der Waals surface area contributed by atoms with Crippen LogP contribution in [0.3, 0.4) is 0 Å². The van der Waals surface area contributed by atoms with Crippen LogP contribution in [0.4, 0.5) is 0 Å². The number of piperidine rings is 1. The summed E-state index contributed by atoms with van der Waals surface area (Å²) in [6, 6.07) is 6.22. The fourth-order valence-corrected chi connectivity index (χ4v) is 5.44. The van der Waals surface area contributed by atoms with Gasteiger partial charge in [-0.3, -0.25) is 9.78 Å². The first kappa shape index (κ1) is 28.5. The van der Waals surface area contributed by atoms with Crippen molar-refractivity contribution in [1.29, 1.82) is 0 Å². The lowest BCUT2D eigenvalue weighted by Gasteiger charge is -2.35. The third kappa shape index (κ3) is 6.80. The number of likely N-dealkylation sites (tertiary alicyclic amines) is 1. The highest BCUT2D eigenvalue weighted by molar-refractivity contribution is 5.85. The number of aromatic nitrogens is 1. The van der Waals surface area contributed by atoms with Crippen LogP contribution in [0.15, 0.2) is 30.6 Å². The van der Waals surface area contributed by atoms with E-state index in [-0.39, 0.29) is 18.4 Å². The standard InChI is InChI=1S/C30H42N2O3.ClH/c1-5-6-8-12-22(2)23-19-26(34-28(33)13-11-18-32-16-9-7-10-17-32)29-24-21-31-15-14-25(24)30(3,4)35-27(29)20-23;/h14-15,19-22H,5-13,16-18H2,1-4H3;1H. The Bertz CT molecular complexity index is 1020. The number of hydrogen-bond acceptors (Lipinski definition) is 5. The second-order valence-corrected chi connectivity index (χ2v) is 10.8. The Kier molecular flexibility index (Phi) is 10.2. The van der Waals surface area contributed by atoms with Gasteiger partial charge in [-0.2, -0.15) is 0 Å². The van der Waals surface area contributed by atoms with Crippen molar-refractivity contribution in [1.82, 2.24) is 9.88 Å². The number of esters is 1. The Balaban J connectivity index is 0.00000361. The molecule has 4 rings (SSSR count). The van der Waals surface area contributed by atoms with E-state index in [9.17, 15) is 4.79 Å². The summed E-state index contributed by atoms with van der Waals surface area (Å²) in [7, 11) is 0.